The van der Waals surface area contributed by atoms with Gasteiger partial charge in [0.15, 0.2) is 0 Å². The number of hydrogen-bond donors (Lipinski definition) is 1. The van der Waals surface area contributed by atoms with Gasteiger partial charge in [-0.15, -0.1) is 12.4 Å². The lowest BCUT2D eigenvalue weighted by molar-refractivity contribution is -0.140. The van der Waals surface area contributed by atoms with Crippen LogP contribution in [0.3, 0.4) is 0 Å². The first-order valence-electron chi connectivity index (χ1n) is 8.49. The average Bonchev–Trinajstić information content (AvgIpc) is 2.96. The third kappa shape index (κ3) is 3.73. The van der Waals surface area contributed by atoms with E-state index in [1.807, 2.05) is 17.0 Å². The number of nitrogens with zero attached hydrogens (tertiary/aromatic N) is 2. The lowest BCUT2D eigenvalue weighted by Crippen LogP contribution is -2.49. The van der Waals surface area contributed by atoms with Crippen LogP contribution >= 0.6 is 12.4 Å². The van der Waals surface area contributed by atoms with Crippen molar-refractivity contribution in [3.63, 3.8) is 0 Å². The van der Waals surface area contributed by atoms with Gasteiger partial charge in [0.1, 0.15) is 5.92 Å². The molecule has 0 aliphatic carbocycles. The van der Waals surface area contributed by atoms with Gasteiger partial charge in [-0.2, -0.15) is 0 Å². The molecule has 2 heterocycles. The number of carbonyl (C=O) groups excluding carboxylic acids is 2. The molecule has 6 heteroatoms. The minimum atomic E-state index is -0.502. The number of nitrogens with one attached hydrogen (secondary N) is 1. The van der Waals surface area contributed by atoms with E-state index in [1.54, 1.807) is 4.90 Å². The van der Waals surface area contributed by atoms with E-state index in [9.17, 15) is 9.59 Å². The maximum Gasteiger partial charge on any atom is 0.239 e. The number of piperazine rings is 1. The van der Waals surface area contributed by atoms with Crippen molar-refractivity contribution in [1.82, 2.24) is 10.2 Å². The van der Waals surface area contributed by atoms with Crippen LogP contribution in [0.25, 0.3) is 0 Å². The molecule has 24 heavy (non-hydrogen) atoms. The summed E-state index contributed by atoms with van der Waals surface area (Å²) in [4.78, 5) is 28.8. The molecular formula is C18H26ClN3O2. The molecule has 0 bridgehead atoms. The van der Waals surface area contributed by atoms with E-state index >= 15 is 0 Å². The van der Waals surface area contributed by atoms with Crippen molar-refractivity contribution in [3.8, 4) is 0 Å². The summed E-state index contributed by atoms with van der Waals surface area (Å²) >= 11 is 0. The highest BCUT2D eigenvalue weighted by molar-refractivity contribution is 6.09. The highest BCUT2D eigenvalue weighted by atomic mass is 35.5. The van der Waals surface area contributed by atoms with Gasteiger partial charge in [-0.25, -0.2) is 0 Å². The zero-order valence-electron chi connectivity index (χ0n) is 14.3. The molecule has 1 unspecified atom stereocenters. The van der Waals surface area contributed by atoms with Crippen LogP contribution in [0.1, 0.15) is 31.7 Å². The molecule has 132 valence electrons. The summed E-state index contributed by atoms with van der Waals surface area (Å²) in [5, 5.41) is 3.23. The fourth-order valence-corrected chi connectivity index (χ4v) is 3.31. The summed E-state index contributed by atoms with van der Waals surface area (Å²) in [5.74, 6) is -0.0816. The fourth-order valence-electron chi connectivity index (χ4n) is 3.31. The Morgan fingerprint density at radius 2 is 1.75 bits per heavy atom. The van der Waals surface area contributed by atoms with Gasteiger partial charge in [0.05, 0.1) is 0 Å². The minimum absolute atomic E-state index is 0. The topological polar surface area (TPSA) is 52.7 Å². The molecule has 3 rings (SSSR count). The highest BCUT2D eigenvalue weighted by Crippen LogP contribution is 2.28. The molecule has 2 fully saturated rings. The van der Waals surface area contributed by atoms with Crippen molar-refractivity contribution in [3.05, 3.63) is 29.8 Å². The average molecular weight is 352 g/mol. The summed E-state index contributed by atoms with van der Waals surface area (Å²) < 4.78 is 0. The molecule has 1 N–H and O–H groups in total. The van der Waals surface area contributed by atoms with Crippen LogP contribution in [-0.4, -0.2) is 49.4 Å². The summed E-state index contributed by atoms with van der Waals surface area (Å²) in [6.45, 7) is 7.95. The minimum Gasteiger partial charge on any atom is -0.339 e. The Morgan fingerprint density at radius 3 is 2.33 bits per heavy atom. The van der Waals surface area contributed by atoms with E-state index in [2.05, 4.69) is 31.3 Å². The van der Waals surface area contributed by atoms with Gasteiger partial charge in [0.2, 0.25) is 11.8 Å². The van der Waals surface area contributed by atoms with Crippen molar-refractivity contribution in [2.24, 2.45) is 5.92 Å². The first-order valence-corrected chi connectivity index (χ1v) is 8.49. The molecule has 0 radical (unpaired) electrons. The molecule has 2 amide bonds. The number of hydrogen-bond acceptors (Lipinski definition) is 3. The fraction of sp³-hybridized carbons (Fsp3) is 0.556. The van der Waals surface area contributed by atoms with Crippen molar-refractivity contribution in [2.75, 3.05) is 37.6 Å². The molecule has 1 aromatic rings. The number of anilines is 1. The van der Waals surface area contributed by atoms with Crippen molar-refractivity contribution in [2.45, 2.75) is 26.2 Å². The van der Waals surface area contributed by atoms with Crippen molar-refractivity contribution >= 4 is 29.9 Å². The van der Waals surface area contributed by atoms with E-state index in [-0.39, 0.29) is 24.2 Å². The largest absolute Gasteiger partial charge is 0.339 e. The van der Waals surface area contributed by atoms with Gasteiger partial charge in [-0.05, 0) is 30.0 Å². The number of benzene rings is 1. The second kappa shape index (κ2) is 7.99. The standard InChI is InChI=1S/C18H25N3O2.ClH/c1-13(2)14-3-5-15(6-4-14)21-10-7-16(18(21)23)17(22)20-11-8-19-9-12-20;/h3-6,13,16,19H,7-12H2,1-2H3;1H. The van der Waals surface area contributed by atoms with Crippen LogP contribution in [0.4, 0.5) is 5.69 Å². The zero-order chi connectivity index (χ0) is 16.4. The summed E-state index contributed by atoms with van der Waals surface area (Å²) in [5.41, 5.74) is 2.16. The van der Waals surface area contributed by atoms with Gasteiger partial charge in [-0.1, -0.05) is 26.0 Å². The molecule has 0 spiro atoms. The van der Waals surface area contributed by atoms with E-state index in [0.29, 0.717) is 32.0 Å². The van der Waals surface area contributed by atoms with E-state index < -0.39 is 5.92 Å². The molecule has 2 aliphatic rings. The first kappa shape index (κ1) is 18.7. The van der Waals surface area contributed by atoms with Crippen molar-refractivity contribution in [1.29, 1.82) is 0 Å². The Hall–Kier alpha value is -1.59. The quantitative estimate of drug-likeness (QED) is 0.848. The first-order chi connectivity index (χ1) is 11.1. The Balaban J connectivity index is 0.00000208. The smallest absolute Gasteiger partial charge is 0.239 e. The molecule has 1 atom stereocenters. The van der Waals surface area contributed by atoms with Gasteiger partial charge in [-0.3, -0.25) is 9.59 Å². The normalized spacial score (nSPS) is 21.1. The lowest BCUT2D eigenvalue weighted by Gasteiger charge is -2.29. The number of amides is 2. The predicted molar refractivity (Wildman–Crippen MR) is 97.7 cm³/mol. The molecule has 0 saturated carbocycles. The molecule has 5 nitrogen and oxygen atoms in total. The second-order valence-electron chi connectivity index (χ2n) is 6.65. The zero-order valence-corrected chi connectivity index (χ0v) is 15.1. The SMILES string of the molecule is CC(C)c1ccc(N2CCC(C(=O)N3CCNCC3)C2=O)cc1.Cl. The van der Waals surface area contributed by atoms with Crippen LogP contribution in [0.5, 0.6) is 0 Å². The molecule has 1 aromatic carbocycles. The molecule has 0 aromatic heterocycles. The monoisotopic (exact) mass is 351 g/mol. The van der Waals surface area contributed by atoms with Crippen LogP contribution in [0.2, 0.25) is 0 Å². The van der Waals surface area contributed by atoms with Gasteiger partial charge >= 0.3 is 0 Å². The van der Waals surface area contributed by atoms with Gasteiger partial charge in [0.25, 0.3) is 0 Å². The van der Waals surface area contributed by atoms with Crippen LogP contribution in [-0.2, 0) is 9.59 Å². The van der Waals surface area contributed by atoms with Crippen molar-refractivity contribution < 1.29 is 9.59 Å². The Bertz CT molecular complexity index is 582. The third-order valence-electron chi connectivity index (χ3n) is 4.80. The highest BCUT2D eigenvalue weighted by Gasteiger charge is 2.39. The van der Waals surface area contributed by atoms with Gasteiger partial charge in [0, 0.05) is 38.4 Å². The molecular weight excluding hydrogens is 326 g/mol. The van der Waals surface area contributed by atoms with E-state index in [0.717, 1.165) is 18.8 Å². The van der Waals surface area contributed by atoms with Gasteiger partial charge < -0.3 is 15.1 Å². The Kier molecular flexibility index (Phi) is 6.24. The number of rotatable bonds is 3. The lowest BCUT2D eigenvalue weighted by atomic mass is 10.0. The summed E-state index contributed by atoms with van der Waals surface area (Å²) in [7, 11) is 0. The summed E-state index contributed by atoms with van der Waals surface area (Å²) in [6, 6.07) is 8.12. The van der Waals surface area contributed by atoms with E-state index in [4.69, 9.17) is 0 Å². The Morgan fingerprint density at radius 1 is 1.12 bits per heavy atom. The summed E-state index contributed by atoms with van der Waals surface area (Å²) in [6.07, 6.45) is 0.619. The number of halogens is 1. The number of carbonyl (C=O) groups is 2. The third-order valence-corrected chi connectivity index (χ3v) is 4.80. The van der Waals surface area contributed by atoms with Crippen LogP contribution < -0.4 is 10.2 Å². The maximum atomic E-state index is 12.7. The molecule has 2 aliphatic heterocycles. The molecule has 2 saturated heterocycles. The van der Waals surface area contributed by atoms with Crippen LogP contribution in [0.15, 0.2) is 24.3 Å². The maximum absolute atomic E-state index is 12.7. The van der Waals surface area contributed by atoms with Crippen LogP contribution in [0, 0.1) is 5.92 Å². The Labute approximate surface area is 149 Å². The second-order valence-corrected chi connectivity index (χ2v) is 6.65. The van der Waals surface area contributed by atoms with E-state index in [1.165, 1.54) is 5.56 Å². The predicted octanol–water partition coefficient (Wildman–Crippen LogP) is 2.02.